The lowest BCUT2D eigenvalue weighted by atomic mass is 10.1. The molecule has 2 rings (SSSR count). The predicted molar refractivity (Wildman–Crippen MR) is 97.9 cm³/mol. The van der Waals surface area contributed by atoms with Gasteiger partial charge in [-0.1, -0.05) is 34.8 Å². The van der Waals surface area contributed by atoms with E-state index < -0.39 is 5.97 Å². The third kappa shape index (κ3) is 5.20. The minimum atomic E-state index is -0.501. The van der Waals surface area contributed by atoms with Crippen molar-refractivity contribution in [3.05, 3.63) is 57.0 Å². The van der Waals surface area contributed by atoms with E-state index in [4.69, 9.17) is 44.3 Å². The van der Waals surface area contributed by atoms with Gasteiger partial charge in [0.2, 0.25) is 0 Å². The van der Waals surface area contributed by atoms with Crippen molar-refractivity contribution < 1.29 is 14.3 Å². The van der Waals surface area contributed by atoms with Crippen LogP contribution in [0.1, 0.15) is 16.8 Å². The fourth-order valence-electron chi connectivity index (χ4n) is 2.03. The van der Waals surface area contributed by atoms with Crippen molar-refractivity contribution in [2.45, 2.75) is 6.42 Å². The van der Waals surface area contributed by atoms with Gasteiger partial charge in [-0.2, -0.15) is 0 Å². The number of halogens is 3. The molecule has 0 spiro atoms. The van der Waals surface area contributed by atoms with Crippen LogP contribution in [0.2, 0.25) is 15.1 Å². The van der Waals surface area contributed by atoms with Crippen molar-refractivity contribution in [2.24, 2.45) is 0 Å². The standard InChI is InChI=1S/C17H16Cl3NO3/c1-23-17(22)14-9-12(19)10-15(20)16(14)21-7-2-8-24-13-5-3-11(18)4-6-13/h3-6,9-10,21H,2,7-8H2,1H3. The number of rotatable bonds is 7. The number of anilines is 1. The molecule has 2 aromatic carbocycles. The Balaban J connectivity index is 1.90. The van der Waals surface area contributed by atoms with Crippen LogP contribution in [0.4, 0.5) is 5.69 Å². The average Bonchev–Trinajstić information content (AvgIpc) is 2.56. The van der Waals surface area contributed by atoms with Gasteiger partial charge in [0.1, 0.15) is 5.75 Å². The number of carbonyl (C=O) groups excluding carboxylic acids is 1. The maximum Gasteiger partial charge on any atom is 0.340 e. The normalized spacial score (nSPS) is 10.3. The molecular formula is C17H16Cl3NO3. The lowest BCUT2D eigenvalue weighted by Crippen LogP contribution is -2.12. The smallest absolute Gasteiger partial charge is 0.340 e. The Kier molecular flexibility index (Phi) is 7.03. The molecule has 1 N–H and O–H groups in total. The molecule has 0 aliphatic heterocycles. The van der Waals surface area contributed by atoms with Crippen LogP contribution in [0.15, 0.2) is 36.4 Å². The van der Waals surface area contributed by atoms with Crippen molar-refractivity contribution in [2.75, 3.05) is 25.6 Å². The molecular weight excluding hydrogens is 373 g/mol. The number of hydrogen-bond donors (Lipinski definition) is 1. The van der Waals surface area contributed by atoms with Crippen LogP contribution < -0.4 is 10.1 Å². The van der Waals surface area contributed by atoms with Gasteiger partial charge in [0, 0.05) is 16.6 Å². The monoisotopic (exact) mass is 387 g/mol. The molecule has 0 unspecified atom stereocenters. The summed E-state index contributed by atoms with van der Waals surface area (Å²) in [5.74, 6) is 0.249. The summed E-state index contributed by atoms with van der Waals surface area (Å²) >= 11 is 17.9. The third-order valence-electron chi connectivity index (χ3n) is 3.17. The minimum absolute atomic E-state index is 0.300. The van der Waals surface area contributed by atoms with Gasteiger partial charge in [0.25, 0.3) is 0 Å². The first-order chi connectivity index (χ1) is 11.5. The molecule has 24 heavy (non-hydrogen) atoms. The van der Waals surface area contributed by atoms with E-state index in [0.29, 0.717) is 45.9 Å². The molecule has 4 nitrogen and oxygen atoms in total. The summed E-state index contributed by atoms with van der Waals surface area (Å²) in [6, 6.07) is 10.2. The minimum Gasteiger partial charge on any atom is -0.494 e. The van der Waals surface area contributed by atoms with Crippen molar-refractivity contribution in [1.29, 1.82) is 0 Å². The van der Waals surface area contributed by atoms with Gasteiger partial charge in [0.05, 0.1) is 30.0 Å². The van der Waals surface area contributed by atoms with Crippen LogP contribution in [0, 0.1) is 0 Å². The molecule has 0 heterocycles. The zero-order valence-electron chi connectivity index (χ0n) is 12.9. The highest BCUT2D eigenvalue weighted by molar-refractivity contribution is 6.37. The number of ether oxygens (including phenoxy) is 2. The molecule has 7 heteroatoms. The Bertz CT molecular complexity index is 705. The summed E-state index contributed by atoms with van der Waals surface area (Å²) in [6.07, 6.45) is 0.711. The SMILES string of the molecule is COC(=O)c1cc(Cl)cc(Cl)c1NCCCOc1ccc(Cl)cc1. The Morgan fingerprint density at radius 2 is 1.79 bits per heavy atom. The number of esters is 1. The van der Waals surface area contributed by atoms with Gasteiger partial charge in [-0.3, -0.25) is 0 Å². The summed E-state index contributed by atoms with van der Waals surface area (Å²) in [7, 11) is 1.31. The fourth-order valence-corrected chi connectivity index (χ4v) is 2.72. The molecule has 0 amide bonds. The summed E-state index contributed by atoms with van der Waals surface area (Å²) in [5, 5.41) is 4.53. The highest BCUT2D eigenvalue weighted by atomic mass is 35.5. The third-order valence-corrected chi connectivity index (χ3v) is 3.93. The van der Waals surface area contributed by atoms with E-state index in [9.17, 15) is 4.79 Å². The predicted octanol–water partition coefficient (Wildman–Crippen LogP) is 5.31. The van der Waals surface area contributed by atoms with Crippen LogP contribution in [0.25, 0.3) is 0 Å². The second kappa shape index (κ2) is 9.02. The van der Waals surface area contributed by atoms with Gasteiger partial charge < -0.3 is 14.8 Å². The summed E-state index contributed by atoms with van der Waals surface area (Å²) in [4.78, 5) is 11.8. The van der Waals surface area contributed by atoms with Gasteiger partial charge in [-0.05, 0) is 42.8 Å². The van der Waals surface area contributed by atoms with Gasteiger partial charge in [-0.15, -0.1) is 0 Å². The maximum atomic E-state index is 11.8. The van der Waals surface area contributed by atoms with Gasteiger partial charge in [-0.25, -0.2) is 4.79 Å². The van der Waals surface area contributed by atoms with Crippen molar-refractivity contribution in [3.63, 3.8) is 0 Å². The van der Waals surface area contributed by atoms with E-state index in [1.54, 1.807) is 30.3 Å². The van der Waals surface area contributed by atoms with Crippen LogP contribution >= 0.6 is 34.8 Å². The van der Waals surface area contributed by atoms with E-state index >= 15 is 0 Å². The van der Waals surface area contributed by atoms with E-state index in [1.807, 2.05) is 0 Å². The molecule has 0 saturated heterocycles. The summed E-state index contributed by atoms with van der Waals surface area (Å²) in [5.41, 5.74) is 0.799. The number of hydrogen-bond acceptors (Lipinski definition) is 4. The van der Waals surface area contributed by atoms with Gasteiger partial charge in [0.15, 0.2) is 0 Å². The van der Waals surface area contributed by atoms with Crippen molar-refractivity contribution in [3.8, 4) is 5.75 Å². The topological polar surface area (TPSA) is 47.6 Å². The number of methoxy groups -OCH3 is 1. The first kappa shape index (κ1) is 18.7. The maximum absolute atomic E-state index is 11.8. The van der Waals surface area contributed by atoms with Crippen LogP contribution in [-0.4, -0.2) is 26.2 Å². The largest absolute Gasteiger partial charge is 0.494 e. The summed E-state index contributed by atoms with van der Waals surface area (Å²) in [6.45, 7) is 1.08. The van der Waals surface area contributed by atoms with Crippen LogP contribution in [0.3, 0.4) is 0 Å². The van der Waals surface area contributed by atoms with E-state index in [0.717, 1.165) is 5.75 Å². The summed E-state index contributed by atoms with van der Waals surface area (Å²) < 4.78 is 10.4. The molecule has 0 atom stereocenters. The van der Waals surface area contributed by atoms with Crippen LogP contribution in [0.5, 0.6) is 5.75 Å². The van der Waals surface area contributed by atoms with E-state index in [2.05, 4.69) is 5.32 Å². The zero-order valence-corrected chi connectivity index (χ0v) is 15.2. The Labute approximate surface area is 155 Å². The van der Waals surface area contributed by atoms with E-state index in [-0.39, 0.29) is 0 Å². The molecule has 0 aromatic heterocycles. The Hall–Kier alpha value is -1.62. The highest BCUT2D eigenvalue weighted by Gasteiger charge is 2.16. The first-order valence-corrected chi connectivity index (χ1v) is 8.34. The highest BCUT2D eigenvalue weighted by Crippen LogP contribution is 2.30. The van der Waals surface area contributed by atoms with Crippen molar-refractivity contribution >= 4 is 46.5 Å². The quantitative estimate of drug-likeness (QED) is 0.515. The fraction of sp³-hybridized carbons (Fsp3) is 0.235. The number of benzene rings is 2. The Morgan fingerprint density at radius 1 is 1.08 bits per heavy atom. The van der Waals surface area contributed by atoms with Crippen LogP contribution in [-0.2, 0) is 4.74 Å². The second-order valence-electron chi connectivity index (χ2n) is 4.88. The molecule has 0 radical (unpaired) electrons. The average molecular weight is 389 g/mol. The molecule has 0 bridgehead atoms. The lowest BCUT2D eigenvalue weighted by Gasteiger charge is -2.13. The molecule has 0 aliphatic rings. The molecule has 0 fully saturated rings. The van der Waals surface area contributed by atoms with Crippen molar-refractivity contribution in [1.82, 2.24) is 0 Å². The van der Waals surface area contributed by atoms with Gasteiger partial charge >= 0.3 is 5.97 Å². The first-order valence-electron chi connectivity index (χ1n) is 7.21. The molecule has 0 saturated carbocycles. The number of carbonyl (C=O) groups is 1. The van der Waals surface area contributed by atoms with E-state index in [1.165, 1.54) is 13.2 Å². The molecule has 0 aliphatic carbocycles. The molecule has 2 aromatic rings. The second-order valence-corrected chi connectivity index (χ2v) is 6.16. The lowest BCUT2D eigenvalue weighted by molar-refractivity contribution is 0.0602. The molecule has 128 valence electrons. The Morgan fingerprint density at radius 3 is 2.46 bits per heavy atom. The zero-order chi connectivity index (χ0) is 17.5. The number of nitrogens with one attached hydrogen (secondary N) is 1.